The van der Waals surface area contributed by atoms with Gasteiger partial charge in [0.2, 0.25) is 17.1 Å². The molecule has 190 valence electrons. The van der Waals surface area contributed by atoms with Gasteiger partial charge in [-0.25, -0.2) is 19.1 Å². The molecule has 0 saturated carbocycles. The molecule has 0 amide bonds. The van der Waals surface area contributed by atoms with Crippen LogP contribution in [0.25, 0.3) is 10.9 Å². The highest BCUT2D eigenvalue weighted by atomic mass is 19.1. The number of benzene rings is 1. The van der Waals surface area contributed by atoms with E-state index in [2.05, 4.69) is 0 Å². The van der Waals surface area contributed by atoms with Crippen molar-refractivity contribution in [1.82, 2.24) is 4.57 Å². The largest absolute Gasteiger partial charge is 0.477 e. The minimum Gasteiger partial charge on any atom is -0.477 e. The normalized spacial score (nSPS) is 16.9. The molecule has 1 saturated heterocycles. The number of ether oxygens (including phenoxy) is 3. The van der Waals surface area contributed by atoms with E-state index in [0.29, 0.717) is 0 Å². The number of hydrogen-bond acceptors (Lipinski definition) is 9. The molecule has 1 fully saturated rings. The first-order valence-electron chi connectivity index (χ1n) is 11.2. The van der Waals surface area contributed by atoms with E-state index in [-0.39, 0.29) is 43.0 Å². The lowest BCUT2D eigenvalue weighted by molar-refractivity contribution is -0.203. The number of fused-ring (bicyclic) bond motifs is 1. The Balaban J connectivity index is 2.18. The van der Waals surface area contributed by atoms with Gasteiger partial charge < -0.3 is 23.9 Å². The van der Waals surface area contributed by atoms with Gasteiger partial charge in [0.25, 0.3) is 0 Å². The number of carbonyl (C=O) groups is 3. The van der Waals surface area contributed by atoms with Crippen LogP contribution in [-0.4, -0.2) is 60.2 Å². The number of aryl methyl sites for hydroxylation is 1. The Morgan fingerprint density at radius 1 is 1.11 bits per heavy atom. The number of halogens is 1. The summed E-state index contributed by atoms with van der Waals surface area (Å²) in [6.07, 6.45) is -0.298. The Kier molecular flexibility index (Phi) is 7.76. The molecular weight excluding hydrogens is 467 g/mol. The Morgan fingerprint density at radius 2 is 1.74 bits per heavy atom. The van der Waals surface area contributed by atoms with E-state index in [9.17, 15) is 24.3 Å². The van der Waals surface area contributed by atoms with Gasteiger partial charge in [0, 0.05) is 24.7 Å². The number of rotatable bonds is 9. The van der Waals surface area contributed by atoms with E-state index in [0.717, 1.165) is 11.1 Å². The fraction of sp³-hybridized carbons (Fsp3) is 0.478. The van der Waals surface area contributed by atoms with Gasteiger partial charge in [-0.15, -0.1) is 0 Å². The van der Waals surface area contributed by atoms with Gasteiger partial charge in [-0.3, -0.25) is 14.4 Å². The highest BCUT2D eigenvalue weighted by molar-refractivity contribution is 6.02. The highest BCUT2D eigenvalue weighted by Crippen LogP contribution is 2.41. The summed E-state index contributed by atoms with van der Waals surface area (Å²) < 4.78 is 32.5. The Bertz CT molecular complexity index is 1190. The fourth-order valence-electron chi connectivity index (χ4n) is 3.94. The van der Waals surface area contributed by atoms with Gasteiger partial charge in [-0.2, -0.15) is 0 Å². The Hall–Kier alpha value is -3.51. The second-order valence-electron chi connectivity index (χ2n) is 7.63. The predicted molar refractivity (Wildman–Crippen MR) is 120 cm³/mol. The molecule has 1 N–H and O–H groups in total. The summed E-state index contributed by atoms with van der Waals surface area (Å²) in [6.45, 7) is 6.28. The molecule has 1 unspecified atom stereocenters. The molecule has 3 rings (SSSR count). The average Bonchev–Trinajstić information content (AvgIpc) is 3.20. The molecule has 2 aromatic rings. The van der Waals surface area contributed by atoms with Crippen LogP contribution in [0.15, 0.2) is 23.1 Å². The third kappa shape index (κ3) is 4.46. The minimum atomic E-state index is -2.05. The molecule has 1 atom stereocenters. The SMILES string of the molecule is CCOC(=O)C1(C(=O)OCC)CN(c2cc3c(cc2F)c(=O)c(C(=O)O)cn3CC)OC1OCC. The van der Waals surface area contributed by atoms with Crippen molar-refractivity contribution in [2.24, 2.45) is 5.41 Å². The molecule has 11 nitrogen and oxygen atoms in total. The van der Waals surface area contributed by atoms with E-state index in [1.807, 2.05) is 0 Å². The van der Waals surface area contributed by atoms with Gasteiger partial charge in [0.1, 0.15) is 17.1 Å². The van der Waals surface area contributed by atoms with Gasteiger partial charge in [-0.1, -0.05) is 0 Å². The van der Waals surface area contributed by atoms with Crippen LogP contribution in [0, 0.1) is 11.2 Å². The number of carbonyl (C=O) groups excluding carboxylic acids is 2. The van der Waals surface area contributed by atoms with Gasteiger partial charge >= 0.3 is 17.9 Å². The minimum absolute atomic E-state index is 0.0299. The number of nitrogens with zero attached hydrogens (tertiary/aromatic N) is 2. The van der Waals surface area contributed by atoms with Crippen molar-refractivity contribution in [2.75, 3.05) is 31.4 Å². The summed E-state index contributed by atoms with van der Waals surface area (Å²) in [5.41, 5.74) is -3.35. The zero-order valence-electron chi connectivity index (χ0n) is 19.8. The molecule has 1 aliphatic rings. The molecule has 0 spiro atoms. The lowest BCUT2D eigenvalue weighted by Gasteiger charge is -2.26. The van der Waals surface area contributed by atoms with E-state index < -0.39 is 53.0 Å². The number of esters is 2. The average molecular weight is 494 g/mol. The highest BCUT2D eigenvalue weighted by Gasteiger charge is 2.63. The number of anilines is 1. The second-order valence-corrected chi connectivity index (χ2v) is 7.63. The van der Waals surface area contributed by atoms with Crippen LogP contribution in [0.1, 0.15) is 38.1 Å². The van der Waals surface area contributed by atoms with Crippen molar-refractivity contribution in [1.29, 1.82) is 0 Å². The molecular formula is C23H27FN2O9. The summed E-state index contributed by atoms with van der Waals surface area (Å²) in [6, 6.07) is 2.19. The first-order chi connectivity index (χ1) is 16.7. The number of pyridine rings is 1. The van der Waals surface area contributed by atoms with Crippen molar-refractivity contribution in [3.63, 3.8) is 0 Å². The number of hydrogen-bond donors (Lipinski definition) is 1. The van der Waals surface area contributed by atoms with Crippen LogP contribution < -0.4 is 10.5 Å². The molecule has 0 bridgehead atoms. The first-order valence-corrected chi connectivity index (χ1v) is 11.2. The smallest absolute Gasteiger partial charge is 0.341 e. The monoisotopic (exact) mass is 494 g/mol. The van der Waals surface area contributed by atoms with Crippen LogP contribution in [0.3, 0.4) is 0 Å². The van der Waals surface area contributed by atoms with E-state index in [1.165, 1.54) is 16.8 Å². The lowest BCUT2D eigenvalue weighted by Crippen LogP contribution is -2.51. The Labute approximate surface area is 199 Å². The quantitative estimate of drug-likeness (QED) is 0.408. The van der Waals surface area contributed by atoms with Crippen molar-refractivity contribution in [3.05, 3.63) is 39.9 Å². The zero-order valence-corrected chi connectivity index (χ0v) is 19.8. The maximum Gasteiger partial charge on any atom is 0.341 e. The van der Waals surface area contributed by atoms with Gasteiger partial charge in [-0.05, 0) is 39.8 Å². The molecule has 0 aliphatic carbocycles. The fourth-order valence-corrected chi connectivity index (χ4v) is 3.94. The van der Waals surface area contributed by atoms with Crippen LogP contribution in [0.2, 0.25) is 0 Å². The van der Waals surface area contributed by atoms with Crippen LogP contribution in [0.5, 0.6) is 0 Å². The van der Waals surface area contributed by atoms with Crippen molar-refractivity contribution in [2.45, 2.75) is 40.5 Å². The molecule has 35 heavy (non-hydrogen) atoms. The van der Waals surface area contributed by atoms with Crippen LogP contribution in [-0.2, 0) is 35.2 Å². The summed E-state index contributed by atoms with van der Waals surface area (Å²) in [7, 11) is 0. The summed E-state index contributed by atoms with van der Waals surface area (Å²) in [5.74, 6) is -4.26. The first kappa shape index (κ1) is 26.1. The Morgan fingerprint density at radius 3 is 2.26 bits per heavy atom. The number of carboxylic acids is 1. The summed E-state index contributed by atoms with van der Waals surface area (Å²) in [4.78, 5) is 55.8. The van der Waals surface area contributed by atoms with Gasteiger partial charge in [0.05, 0.1) is 25.3 Å². The summed E-state index contributed by atoms with van der Waals surface area (Å²) in [5, 5.41) is 10.2. The van der Waals surface area contributed by atoms with Crippen LogP contribution in [0.4, 0.5) is 10.1 Å². The summed E-state index contributed by atoms with van der Waals surface area (Å²) >= 11 is 0. The van der Waals surface area contributed by atoms with Crippen molar-refractivity contribution in [3.8, 4) is 0 Å². The van der Waals surface area contributed by atoms with Crippen molar-refractivity contribution < 1.29 is 42.9 Å². The topological polar surface area (TPSA) is 134 Å². The van der Waals surface area contributed by atoms with E-state index >= 15 is 4.39 Å². The predicted octanol–water partition coefficient (Wildman–Crippen LogP) is 2.09. The standard InChI is InChI=1S/C23H27FN2O9/c1-5-25-11-14(19(28)29)18(27)13-9-15(24)17(10-16(13)25)26-12-23(20(30)32-6-2,21(31)33-7-3)22(35-26)34-8-4/h9-11,22H,5-8,12H2,1-4H3,(H,28,29). The van der Waals surface area contributed by atoms with Crippen molar-refractivity contribution >= 4 is 34.5 Å². The number of hydroxylamine groups is 1. The van der Waals surface area contributed by atoms with E-state index in [1.54, 1.807) is 27.7 Å². The zero-order chi connectivity index (χ0) is 25.9. The van der Waals surface area contributed by atoms with E-state index in [4.69, 9.17) is 19.0 Å². The molecule has 1 aromatic heterocycles. The second kappa shape index (κ2) is 10.4. The van der Waals surface area contributed by atoms with Gasteiger partial charge in [0.15, 0.2) is 0 Å². The van der Waals surface area contributed by atoms with Crippen LogP contribution >= 0.6 is 0 Å². The number of carboxylic acid groups (broad SMARTS) is 1. The third-order valence-electron chi connectivity index (χ3n) is 5.60. The number of aromatic nitrogens is 1. The third-order valence-corrected chi connectivity index (χ3v) is 5.60. The lowest BCUT2D eigenvalue weighted by atomic mass is 9.87. The molecule has 1 aliphatic heterocycles. The maximum absolute atomic E-state index is 15.3. The molecule has 2 heterocycles. The maximum atomic E-state index is 15.3. The molecule has 12 heteroatoms. The number of aromatic carboxylic acids is 1. The molecule has 1 aromatic carbocycles. The molecule has 0 radical (unpaired) electrons.